The molecule has 6 heteroatoms. The maximum absolute atomic E-state index is 14.0. The van der Waals surface area contributed by atoms with Gasteiger partial charge in [0.1, 0.15) is 5.82 Å². The molecule has 152 valence electrons. The first kappa shape index (κ1) is 22.3. The number of ether oxygens (including phenoxy) is 1. The van der Waals surface area contributed by atoms with Crippen LogP contribution in [0.15, 0.2) is 42.5 Å². The number of nitrogens with two attached hydrogens (primary N) is 1. The van der Waals surface area contributed by atoms with Crippen LogP contribution in [0.3, 0.4) is 0 Å². The molecule has 2 rings (SSSR count). The molecule has 4 nitrogen and oxygen atoms in total. The maximum Gasteiger partial charge on any atom is 0.309 e. The van der Waals surface area contributed by atoms with Crippen LogP contribution in [0.25, 0.3) is 11.1 Å². The first-order valence-electron chi connectivity index (χ1n) is 9.55. The summed E-state index contributed by atoms with van der Waals surface area (Å²) < 4.78 is 19.2. The predicted octanol–water partition coefficient (Wildman–Crippen LogP) is 4.19. The highest BCUT2D eigenvalue weighted by Gasteiger charge is 2.22. The van der Waals surface area contributed by atoms with Gasteiger partial charge in [0.15, 0.2) is 0 Å². The molecule has 2 aromatic rings. The van der Waals surface area contributed by atoms with Crippen molar-refractivity contribution in [3.63, 3.8) is 0 Å². The molecule has 0 heterocycles. The summed E-state index contributed by atoms with van der Waals surface area (Å²) in [6.07, 6.45) is 1.88. The van der Waals surface area contributed by atoms with E-state index in [4.69, 9.17) is 22.1 Å². The summed E-state index contributed by atoms with van der Waals surface area (Å²) in [6.45, 7) is 2.90. The number of hydrogen-bond donors (Lipinski definition) is 2. The third-order valence-electron chi connectivity index (χ3n) is 4.64. The van der Waals surface area contributed by atoms with Gasteiger partial charge in [-0.1, -0.05) is 35.9 Å². The van der Waals surface area contributed by atoms with E-state index in [0.29, 0.717) is 36.5 Å². The van der Waals surface area contributed by atoms with Crippen molar-refractivity contribution in [3.05, 3.63) is 58.9 Å². The molecule has 2 atom stereocenters. The Morgan fingerprint density at radius 3 is 2.61 bits per heavy atom. The minimum absolute atomic E-state index is 0.167. The van der Waals surface area contributed by atoms with Gasteiger partial charge in [-0.25, -0.2) is 4.39 Å². The standard InChI is InChI=1S/C22H28ClFN2O2/c1-3-28-22(27)17(10-11-26-2)13-19(25)12-15-4-6-16(7-5-15)20-14-18(23)8-9-21(20)24/h4-9,14,17,19,26H,3,10-13,25H2,1-2H3/t17-,19-/m1/s1. The highest BCUT2D eigenvalue weighted by molar-refractivity contribution is 6.30. The summed E-state index contributed by atoms with van der Waals surface area (Å²) in [5.74, 6) is -0.724. The van der Waals surface area contributed by atoms with Crippen molar-refractivity contribution in [2.24, 2.45) is 11.7 Å². The lowest BCUT2D eigenvalue weighted by atomic mass is 9.92. The largest absolute Gasteiger partial charge is 0.466 e. The highest BCUT2D eigenvalue weighted by atomic mass is 35.5. The van der Waals surface area contributed by atoms with E-state index in [-0.39, 0.29) is 23.7 Å². The average molecular weight is 407 g/mol. The van der Waals surface area contributed by atoms with Crippen molar-refractivity contribution in [3.8, 4) is 11.1 Å². The lowest BCUT2D eigenvalue weighted by Crippen LogP contribution is -2.31. The number of esters is 1. The number of rotatable bonds is 10. The third kappa shape index (κ3) is 6.59. The van der Waals surface area contributed by atoms with Crippen LogP contribution >= 0.6 is 11.6 Å². The van der Waals surface area contributed by atoms with Crippen molar-refractivity contribution in [1.29, 1.82) is 0 Å². The van der Waals surface area contributed by atoms with Gasteiger partial charge < -0.3 is 15.8 Å². The van der Waals surface area contributed by atoms with Crippen LogP contribution in [-0.4, -0.2) is 32.2 Å². The molecule has 0 bridgehead atoms. The second-order valence-corrected chi connectivity index (χ2v) is 7.30. The van der Waals surface area contributed by atoms with Crippen molar-refractivity contribution >= 4 is 17.6 Å². The Balaban J connectivity index is 2.01. The molecule has 0 aromatic heterocycles. The molecule has 3 N–H and O–H groups in total. The summed E-state index contributed by atoms with van der Waals surface area (Å²) in [5, 5.41) is 3.55. The number of carbonyl (C=O) groups excluding carboxylic acids is 1. The molecular weight excluding hydrogens is 379 g/mol. The Bertz CT molecular complexity index is 768. The summed E-state index contributed by atoms with van der Waals surface area (Å²) in [7, 11) is 1.85. The number of nitrogens with one attached hydrogen (secondary N) is 1. The molecular formula is C22H28ClFN2O2. The topological polar surface area (TPSA) is 64.3 Å². The second-order valence-electron chi connectivity index (χ2n) is 6.86. The van der Waals surface area contributed by atoms with E-state index in [1.54, 1.807) is 13.0 Å². The van der Waals surface area contributed by atoms with Crippen LogP contribution in [0.1, 0.15) is 25.3 Å². The monoisotopic (exact) mass is 406 g/mol. The van der Waals surface area contributed by atoms with Crippen LogP contribution in [0, 0.1) is 11.7 Å². The van der Waals surface area contributed by atoms with Crippen LogP contribution in [-0.2, 0) is 16.0 Å². The minimum atomic E-state index is -0.310. The molecule has 2 aromatic carbocycles. The minimum Gasteiger partial charge on any atom is -0.466 e. The normalized spacial score (nSPS) is 13.2. The molecule has 28 heavy (non-hydrogen) atoms. The van der Waals surface area contributed by atoms with E-state index >= 15 is 0 Å². The Hall–Kier alpha value is -1.95. The summed E-state index contributed by atoms with van der Waals surface area (Å²) in [6, 6.07) is 11.9. The predicted molar refractivity (Wildman–Crippen MR) is 112 cm³/mol. The van der Waals surface area contributed by atoms with E-state index in [0.717, 1.165) is 17.7 Å². The first-order valence-corrected chi connectivity index (χ1v) is 9.93. The maximum atomic E-state index is 14.0. The molecule has 0 radical (unpaired) electrons. The smallest absolute Gasteiger partial charge is 0.309 e. The molecule has 0 saturated heterocycles. The van der Waals surface area contributed by atoms with Gasteiger partial charge in [0, 0.05) is 16.6 Å². The van der Waals surface area contributed by atoms with Crippen LogP contribution in [0.4, 0.5) is 4.39 Å². The number of benzene rings is 2. The second kappa shape index (κ2) is 11.1. The van der Waals surface area contributed by atoms with E-state index in [1.807, 2.05) is 31.3 Å². The fraction of sp³-hybridized carbons (Fsp3) is 0.409. The van der Waals surface area contributed by atoms with Crippen LogP contribution in [0.2, 0.25) is 5.02 Å². The Morgan fingerprint density at radius 1 is 1.25 bits per heavy atom. The molecule has 0 aliphatic rings. The lowest BCUT2D eigenvalue weighted by molar-refractivity contribution is -0.148. The number of hydrogen-bond acceptors (Lipinski definition) is 4. The third-order valence-corrected chi connectivity index (χ3v) is 4.88. The van der Waals surface area contributed by atoms with Crippen LogP contribution in [0.5, 0.6) is 0 Å². The van der Waals surface area contributed by atoms with E-state index in [9.17, 15) is 9.18 Å². The van der Waals surface area contributed by atoms with Gasteiger partial charge in [-0.15, -0.1) is 0 Å². The van der Waals surface area contributed by atoms with Gasteiger partial charge in [0.05, 0.1) is 12.5 Å². The number of carbonyl (C=O) groups is 1. The lowest BCUT2D eigenvalue weighted by Gasteiger charge is -2.20. The van der Waals surface area contributed by atoms with Crippen LogP contribution < -0.4 is 11.1 Å². The van der Waals surface area contributed by atoms with Crippen molar-refractivity contribution in [1.82, 2.24) is 5.32 Å². The molecule has 0 fully saturated rings. The zero-order chi connectivity index (χ0) is 20.5. The summed E-state index contributed by atoms with van der Waals surface area (Å²) in [5.41, 5.74) is 8.57. The van der Waals surface area contributed by atoms with E-state index in [2.05, 4.69) is 5.32 Å². The SMILES string of the molecule is CCOC(=O)[C@H](CCNC)C[C@H](N)Cc1ccc(-c2cc(Cl)ccc2F)cc1. The number of halogens is 2. The Kier molecular flexibility index (Phi) is 8.90. The van der Waals surface area contributed by atoms with Gasteiger partial charge in [-0.3, -0.25) is 4.79 Å². The van der Waals surface area contributed by atoms with E-state index in [1.165, 1.54) is 12.1 Å². The van der Waals surface area contributed by atoms with Gasteiger partial charge in [-0.2, -0.15) is 0 Å². The Morgan fingerprint density at radius 2 is 1.96 bits per heavy atom. The van der Waals surface area contributed by atoms with Gasteiger partial charge in [0.25, 0.3) is 0 Å². The molecule has 0 aliphatic heterocycles. The average Bonchev–Trinajstić information content (AvgIpc) is 2.68. The zero-order valence-electron chi connectivity index (χ0n) is 16.4. The van der Waals surface area contributed by atoms with Gasteiger partial charge >= 0.3 is 5.97 Å². The highest BCUT2D eigenvalue weighted by Crippen LogP contribution is 2.26. The summed E-state index contributed by atoms with van der Waals surface area (Å²) >= 11 is 5.97. The molecule has 0 amide bonds. The molecule has 0 saturated carbocycles. The summed E-state index contributed by atoms with van der Waals surface area (Å²) in [4.78, 5) is 12.1. The quantitative estimate of drug-likeness (QED) is 0.580. The first-order chi connectivity index (χ1) is 13.4. The zero-order valence-corrected chi connectivity index (χ0v) is 17.1. The van der Waals surface area contributed by atoms with Gasteiger partial charge in [0.2, 0.25) is 0 Å². The molecule has 0 aliphatic carbocycles. The molecule has 0 spiro atoms. The fourth-order valence-corrected chi connectivity index (χ4v) is 3.37. The fourth-order valence-electron chi connectivity index (χ4n) is 3.20. The van der Waals surface area contributed by atoms with Gasteiger partial charge in [-0.05, 0) is 69.1 Å². The van der Waals surface area contributed by atoms with E-state index < -0.39 is 0 Å². The molecule has 0 unspecified atom stereocenters. The Labute approximate surface area is 171 Å². The van der Waals surface area contributed by atoms with Crippen molar-refractivity contribution < 1.29 is 13.9 Å². The van der Waals surface area contributed by atoms with Crippen molar-refractivity contribution in [2.45, 2.75) is 32.2 Å². The van der Waals surface area contributed by atoms with Crippen molar-refractivity contribution in [2.75, 3.05) is 20.2 Å².